The summed E-state index contributed by atoms with van der Waals surface area (Å²) in [7, 11) is 0. The SMILES string of the molecule is CC1=CC(C)(C)NC(=S)N1c1ccc(Cl)cc1. The highest BCUT2D eigenvalue weighted by molar-refractivity contribution is 7.80. The molecule has 1 N–H and O–H groups in total. The molecule has 1 aliphatic heterocycles. The molecule has 0 saturated heterocycles. The van der Waals surface area contributed by atoms with Crippen LogP contribution in [0.1, 0.15) is 20.8 Å². The van der Waals surface area contributed by atoms with Gasteiger partial charge >= 0.3 is 0 Å². The van der Waals surface area contributed by atoms with Gasteiger partial charge in [0, 0.05) is 16.4 Å². The molecule has 2 nitrogen and oxygen atoms in total. The number of allylic oxidation sites excluding steroid dienone is 1. The van der Waals surface area contributed by atoms with Gasteiger partial charge in [-0.2, -0.15) is 0 Å². The standard InChI is InChI=1S/C13H15ClN2S/c1-9-8-13(2,3)15-12(17)16(9)11-6-4-10(14)5-7-11/h4-8H,1-3H3,(H,15,17). The minimum Gasteiger partial charge on any atom is -0.354 e. The summed E-state index contributed by atoms with van der Waals surface area (Å²) in [5.74, 6) is 0. The van der Waals surface area contributed by atoms with E-state index in [4.69, 9.17) is 23.8 Å². The van der Waals surface area contributed by atoms with Gasteiger partial charge < -0.3 is 5.32 Å². The summed E-state index contributed by atoms with van der Waals surface area (Å²) in [6, 6.07) is 7.66. The summed E-state index contributed by atoms with van der Waals surface area (Å²) in [4.78, 5) is 2.01. The normalized spacial score (nSPS) is 18.7. The van der Waals surface area contributed by atoms with E-state index in [9.17, 15) is 0 Å². The predicted molar refractivity (Wildman–Crippen MR) is 77.5 cm³/mol. The Morgan fingerprint density at radius 2 is 1.82 bits per heavy atom. The number of halogens is 1. The average Bonchev–Trinajstić information content (AvgIpc) is 2.18. The average molecular weight is 267 g/mol. The van der Waals surface area contributed by atoms with Crippen molar-refractivity contribution in [2.24, 2.45) is 0 Å². The molecule has 0 bridgehead atoms. The Hall–Kier alpha value is -1.06. The molecule has 1 aromatic carbocycles. The number of thiocarbonyl (C=S) groups is 1. The van der Waals surface area contributed by atoms with Crippen LogP contribution in [0.4, 0.5) is 5.69 Å². The van der Waals surface area contributed by atoms with E-state index in [0.717, 1.165) is 21.5 Å². The molecular weight excluding hydrogens is 252 g/mol. The van der Waals surface area contributed by atoms with Gasteiger partial charge in [0.15, 0.2) is 5.11 Å². The first-order chi connectivity index (χ1) is 7.89. The molecule has 1 heterocycles. The first kappa shape index (κ1) is 12.4. The van der Waals surface area contributed by atoms with Crippen molar-refractivity contribution in [1.29, 1.82) is 0 Å². The second-order valence-corrected chi connectivity index (χ2v) is 5.57. The quantitative estimate of drug-likeness (QED) is 0.780. The summed E-state index contributed by atoms with van der Waals surface area (Å²) < 4.78 is 0. The molecule has 0 saturated carbocycles. The maximum absolute atomic E-state index is 5.89. The minimum absolute atomic E-state index is 0.0932. The lowest BCUT2D eigenvalue weighted by molar-refractivity contribution is 0.560. The molecule has 2 rings (SSSR count). The highest BCUT2D eigenvalue weighted by Gasteiger charge is 2.27. The molecule has 0 amide bonds. The first-order valence-corrected chi connectivity index (χ1v) is 6.25. The maximum atomic E-state index is 5.89. The lowest BCUT2D eigenvalue weighted by Gasteiger charge is -2.38. The number of hydrogen-bond acceptors (Lipinski definition) is 1. The Bertz CT molecular complexity index is 477. The highest BCUT2D eigenvalue weighted by Crippen LogP contribution is 2.26. The largest absolute Gasteiger partial charge is 0.354 e. The molecule has 0 aromatic heterocycles. The van der Waals surface area contributed by atoms with Crippen molar-refractivity contribution >= 4 is 34.6 Å². The van der Waals surface area contributed by atoms with Crippen LogP contribution in [0, 0.1) is 0 Å². The molecule has 17 heavy (non-hydrogen) atoms. The number of nitrogens with one attached hydrogen (secondary N) is 1. The van der Waals surface area contributed by atoms with Crippen LogP contribution in [0.25, 0.3) is 0 Å². The summed E-state index contributed by atoms with van der Waals surface area (Å²) in [5, 5.41) is 4.75. The molecule has 0 atom stereocenters. The molecular formula is C13H15ClN2S. The second kappa shape index (κ2) is 4.31. The Kier molecular flexibility index (Phi) is 3.15. The van der Waals surface area contributed by atoms with Gasteiger partial charge in [0.2, 0.25) is 0 Å². The third-order valence-corrected chi connectivity index (χ3v) is 3.18. The Balaban J connectivity index is 2.39. The van der Waals surface area contributed by atoms with E-state index in [-0.39, 0.29) is 5.54 Å². The van der Waals surface area contributed by atoms with E-state index in [1.807, 2.05) is 29.2 Å². The predicted octanol–water partition coefficient (Wildman–Crippen LogP) is 3.72. The zero-order valence-corrected chi connectivity index (χ0v) is 11.7. The molecule has 1 aliphatic rings. The lowest BCUT2D eigenvalue weighted by atomic mass is 10.0. The molecule has 1 aromatic rings. The van der Waals surface area contributed by atoms with Crippen LogP contribution in [0.2, 0.25) is 5.02 Å². The number of rotatable bonds is 1. The van der Waals surface area contributed by atoms with Crippen LogP contribution >= 0.6 is 23.8 Å². The number of nitrogens with zero attached hydrogens (tertiary/aromatic N) is 1. The van der Waals surface area contributed by atoms with Crippen LogP contribution in [0.5, 0.6) is 0 Å². The Morgan fingerprint density at radius 1 is 1.24 bits per heavy atom. The highest BCUT2D eigenvalue weighted by atomic mass is 35.5. The van der Waals surface area contributed by atoms with Gasteiger partial charge in [0.25, 0.3) is 0 Å². The van der Waals surface area contributed by atoms with Crippen molar-refractivity contribution in [1.82, 2.24) is 5.32 Å². The zero-order valence-electron chi connectivity index (χ0n) is 10.1. The van der Waals surface area contributed by atoms with Crippen LogP contribution in [-0.4, -0.2) is 10.7 Å². The van der Waals surface area contributed by atoms with Gasteiger partial charge in [-0.3, -0.25) is 4.90 Å². The third-order valence-electron chi connectivity index (χ3n) is 2.64. The van der Waals surface area contributed by atoms with Crippen molar-refractivity contribution in [3.8, 4) is 0 Å². The van der Waals surface area contributed by atoms with E-state index in [1.165, 1.54) is 0 Å². The van der Waals surface area contributed by atoms with Crippen molar-refractivity contribution in [3.05, 3.63) is 41.1 Å². The molecule has 0 radical (unpaired) electrons. The molecule has 0 spiro atoms. The smallest absolute Gasteiger partial charge is 0.178 e. The summed E-state index contributed by atoms with van der Waals surface area (Å²) in [6.45, 7) is 6.26. The third kappa shape index (κ3) is 2.61. The lowest BCUT2D eigenvalue weighted by Crippen LogP contribution is -2.53. The molecule has 0 aliphatic carbocycles. The van der Waals surface area contributed by atoms with Crippen molar-refractivity contribution in [3.63, 3.8) is 0 Å². The van der Waals surface area contributed by atoms with E-state index in [0.29, 0.717) is 0 Å². The van der Waals surface area contributed by atoms with E-state index in [1.54, 1.807) is 0 Å². The fraction of sp³-hybridized carbons (Fsp3) is 0.308. The maximum Gasteiger partial charge on any atom is 0.178 e. The van der Waals surface area contributed by atoms with E-state index in [2.05, 4.69) is 32.2 Å². The van der Waals surface area contributed by atoms with Gasteiger partial charge in [-0.15, -0.1) is 0 Å². The fourth-order valence-electron chi connectivity index (χ4n) is 2.03. The molecule has 90 valence electrons. The number of benzene rings is 1. The van der Waals surface area contributed by atoms with Gasteiger partial charge in [-0.05, 0) is 63.3 Å². The Labute approximate surface area is 112 Å². The molecule has 0 fully saturated rings. The van der Waals surface area contributed by atoms with Crippen LogP contribution in [0.3, 0.4) is 0 Å². The van der Waals surface area contributed by atoms with Crippen molar-refractivity contribution < 1.29 is 0 Å². The van der Waals surface area contributed by atoms with Crippen molar-refractivity contribution in [2.45, 2.75) is 26.3 Å². The summed E-state index contributed by atoms with van der Waals surface area (Å²) >= 11 is 11.3. The van der Waals surface area contributed by atoms with Gasteiger partial charge in [0.1, 0.15) is 0 Å². The monoisotopic (exact) mass is 266 g/mol. The second-order valence-electron chi connectivity index (χ2n) is 4.75. The number of hydrogen-bond donors (Lipinski definition) is 1. The molecule has 4 heteroatoms. The topological polar surface area (TPSA) is 15.3 Å². The minimum atomic E-state index is -0.0932. The zero-order chi connectivity index (χ0) is 12.6. The van der Waals surface area contributed by atoms with Crippen LogP contribution in [0.15, 0.2) is 36.0 Å². The van der Waals surface area contributed by atoms with Crippen molar-refractivity contribution in [2.75, 3.05) is 4.90 Å². The van der Waals surface area contributed by atoms with Gasteiger partial charge in [-0.1, -0.05) is 11.6 Å². The van der Waals surface area contributed by atoms with Crippen LogP contribution < -0.4 is 10.2 Å². The summed E-state index contributed by atoms with van der Waals surface area (Å²) in [5.41, 5.74) is 2.06. The van der Waals surface area contributed by atoms with E-state index < -0.39 is 0 Å². The Morgan fingerprint density at radius 3 is 2.35 bits per heavy atom. The first-order valence-electron chi connectivity index (χ1n) is 5.46. The fourth-order valence-corrected chi connectivity index (χ4v) is 2.66. The number of anilines is 1. The van der Waals surface area contributed by atoms with Gasteiger partial charge in [0.05, 0.1) is 5.54 Å². The van der Waals surface area contributed by atoms with E-state index >= 15 is 0 Å². The summed E-state index contributed by atoms with van der Waals surface area (Å²) in [6.07, 6.45) is 2.16. The molecule has 0 unspecified atom stereocenters. The van der Waals surface area contributed by atoms with Gasteiger partial charge in [-0.25, -0.2) is 0 Å². The van der Waals surface area contributed by atoms with Crippen LogP contribution in [-0.2, 0) is 0 Å².